The molecule has 0 radical (unpaired) electrons. The molecule has 1 aliphatic rings. The fourth-order valence-electron chi connectivity index (χ4n) is 2.29. The first kappa shape index (κ1) is 10.8. The van der Waals surface area contributed by atoms with Crippen molar-refractivity contribution in [3.63, 3.8) is 0 Å². The molecule has 0 bridgehead atoms. The van der Waals surface area contributed by atoms with E-state index in [4.69, 9.17) is 11.6 Å². The van der Waals surface area contributed by atoms with Crippen LogP contribution in [-0.4, -0.2) is 10.7 Å². The topological polar surface area (TPSA) is 22.0 Å². The Bertz CT molecular complexity index is 664. The zero-order valence-electron chi connectivity index (χ0n) is 9.28. The summed E-state index contributed by atoms with van der Waals surface area (Å²) in [5.41, 5.74) is 0.602. The third-order valence-electron chi connectivity index (χ3n) is 3.24. The van der Waals surface area contributed by atoms with Crippen molar-refractivity contribution in [2.75, 3.05) is 0 Å². The van der Waals surface area contributed by atoms with Crippen LogP contribution in [0.3, 0.4) is 0 Å². The number of hydrogen-bond acceptors (Lipinski definition) is 1. The van der Waals surface area contributed by atoms with Crippen LogP contribution in [0.2, 0.25) is 5.02 Å². The Morgan fingerprint density at radius 3 is 2.82 bits per heavy atom. The number of aryl methyl sites for hydroxylation is 1. The van der Waals surface area contributed by atoms with Crippen molar-refractivity contribution in [2.24, 2.45) is 0 Å². The molecule has 2 aromatic rings. The molecule has 2 nitrogen and oxygen atoms in total. The van der Waals surface area contributed by atoms with Crippen molar-refractivity contribution in [1.29, 1.82) is 0 Å². The fourth-order valence-corrected chi connectivity index (χ4v) is 2.56. The summed E-state index contributed by atoms with van der Waals surface area (Å²) in [6.45, 7) is 1.83. The molecule has 0 aliphatic heterocycles. The van der Waals surface area contributed by atoms with Crippen molar-refractivity contribution in [3.8, 4) is 0 Å². The van der Waals surface area contributed by atoms with Gasteiger partial charge in [-0.25, -0.2) is 4.39 Å². The summed E-state index contributed by atoms with van der Waals surface area (Å²) in [6.07, 6.45) is -0.470. The molecule has 1 aromatic carbocycles. The number of hydrogen-bond donors (Lipinski definition) is 0. The van der Waals surface area contributed by atoms with Crippen LogP contribution in [0.15, 0.2) is 29.1 Å². The van der Waals surface area contributed by atoms with Gasteiger partial charge in [-0.2, -0.15) is 0 Å². The average Bonchev–Trinajstić information content (AvgIpc) is 2.94. The monoisotopic (exact) mass is 251 g/mol. The summed E-state index contributed by atoms with van der Waals surface area (Å²) in [7, 11) is 0. The maximum Gasteiger partial charge on any atom is 0.260 e. The van der Waals surface area contributed by atoms with Crippen LogP contribution >= 0.6 is 11.6 Å². The van der Waals surface area contributed by atoms with Crippen molar-refractivity contribution < 1.29 is 4.39 Å². The SMILES string of the molecule is Cc1cc2cccc(Cl)c2c(=O)n1[C@@H]1C[C@@H]1F. The van der Waals surface area contributed by atoms with Crippen LogP contribution in [0, 0.1) is 6.92 Å². The van der Waals surface area contributed by atoms with Gasteiger partial charge >= 0.3 is 0 Å². The normalized spacial score (nSPS) is 23.0. The lowest BCUT2D eigenvalue weighted by atomic mass is 10.1. The molecule has 1 heterocycles. The lowest BCUT2D eigenvalue weighted by Gasteiger charge is -2.11. The maximum absolute atomic E-state index is 13.1. The molecule has 0 spiro atoms. The minimum atomic E-state index is -0.897. The summed E-state index contributed by atoms with van der Waals surface area (Å²) >= 11 is 6.04. The van der Waals surface area contributed by atoms with Gasteiger partial charge in [0.05, 0.1) is 16.5 Å². The molecule has 0 saturated heterocycles. The molecule has 1 saturated carbocycles. The minimum Gasteiger partial charge on any atom is -0.306 e. The summed E-state index contributed by atoms with van der Waals surface area (Å²) in [4.78, 5) is 12.3. The van der Waals surface area contributed by atoms with Crippen LogP contribution in [0.1, 0.15) is 18.2 Å². The van der Waals surface area contributed by atoms with Gasteiger partial charge < -0.3 is 4.57 Å². The first-order valence-electron chi connectivity index (χ1n) is 5.54. The summed E-state index contributed by atoms with van der Waals surface area (Å²) in [5, 5.41) is 1.73. The quantitative estimate of drug-likeness (QED) is 0.763. The second-order valence-electron chi connectivity index (χ2n) is 4.48. The average molecular weight is 252 g/mol. The largest absolute Gasteiger partial charge is 0.306 e. The highest BCUT2D eigenvalue weighted by molar-refractivity contribution is 6.35. The number of benzene rings is 1. The zero-order valence-corrected chi connectivity index (χ0v) is 10.0. The van der Waals surface area contributed by atoms with E-state index >= 15 is 0 Å². The molecule has 1 fully saturated rings. The predicted octanol–water partition coefficient (Wildman–Crippen LogP) is 3.25. The van der Waals surface area contributed by atoms with E-state index in [2.05, 4.69) is 0 Å². The van der Waals surface area contributed by atoms with Gasteiger partial charge in [-0.15, -0.1) is 0 Å². The van der Waals surface area contributed by atoms with E-state index in [0.717, 1.165) is 11.1 Å². The maximum atomic E-state index is 13.1. The number of halogens is 2. The number of aromatic nitrogens is 1. The van der Waals surface area contributed by atoms with E-state index in [-0.39, 0.29) is 11.6 Å². The predicted molar refractivity (Wildman–Crippen MR) is 66.5 cm³/mol. The standard InChI is InChI=1S/C13H11ClFNO/c1-7-5-8-3-2-4-9(14)12(8)13(17)16(7)11-6-10(11)15/h2-5,10-11H,6H2,1H3/t10-,11+/m0/s1. The molecule has 2 atom stereocenters. The van der Waals surface area contributed by atoms with E-state index in [9.17, 15) is 9.18 Å². The molecule has 17 heavy (non-hydrogen) atoms. The third-order valence-corrected chi connectivity index (χ3v) is 3.55. The fraction of sp³-hybridized carbons (Fsp3) is 0.308. The van der Waals surface area contributed by atoms with Crippen molar-refractivity contribution >= 4 is 22.4 Å². The molecular weight excluding hydrogens is 241 g/mol. The molecule has 4 heteroatoms. The van der Waals surface area contributed by atoms with Crippen LogP contribution in [0.25, 0.3) is 10.8 Å². The highest BCUT2D eigenvalue weighted by Gasteiger charge is 2.40. The Morgan fingerprint density at radius 1 is 1.47 bits per heavy atom. The van der Waals surface area contributed by atoms with E-state index < -0.39 is 6.17 Å². The molecule has 1 aliphatic carbocycles. The number of alkyl halides is 1. The van der Waals surface area contributed by atoms with Crippen LogP contribution in [0.4, 0.5) is 4.39 Å². The highest BCUT2D eigenvalue weighted by Crippen LogP contribution is 2.39. The highest BCUT2D eigenvalue weighted by atomic mass is 35.5. The van der Waals surface area contributed by atoms with E-state index in [0.29, 0.717) is 16.8 Å². The number of nitrogens with zero attached hydrogens (tertiary/aromatic N) is 1. The van der Waals surface area contributed by atoms with Crippen molar-refractivity contribution in [2.45, 2.75) is 25.6 Å². The second-order valence-corrected chi connectivity index (χ2v) is 4.89. The molecule has 0 amide bonds. The van der Waals surface area contributed by atoms with Gasteiger partial charge in [0, 0.05) is 12.1 Å². The Labute approximate surface area is 103 Å². The lowest BCUT2D eigenvalue weighted by Crippen LogP contribution is -2.22. The molecule has 1 aromatic heterocycles. The van der Waals surface area contributed by atoms with E-state index in [1.165, 1.54) is 4.57 Å². The van der Waals surface area contributed by atoms with E-state index in [1.54, 1.807) is 6.07 Å². The van der Waals surface area contributed by atoms with Crippen LogP contribution in [-0.2, 0) is 0 Å². The smallest absolute Gasteiger partial charge is 0.260 e. The Balaban J connectivity index is 2.38. The molecule has 0 unspecified atom stereocenters. The molecular formula is C13H11ClFNO. The summed E-state index contributed by atoms with van der Waals surface area (Å²) in [6, 6.07) is 6.92. The molecule has 3 rings (SSSR count). The Hall–Kier alpha value is -1.35. The molecule has 0 N–H and O–H groups in total. The Morgan fingerprint density at radius 2 is 2.18 bits per heavy atom. The zero-order chi connectivity index (χ0) is 12.2. The third kappa shape index (κ3) is 1.57. The molecule has 88 valence electrons. The van der Waals surface area contributed by atoms with Gasteiger partial charge in [-0.1, -0.05) is 23.7 Å². The Kier molecular flexibility index (Phi) is 2.26. The second kappa shape index (κ2) is 3.57. The number of rotatable bonds is 1. The van der Waals surface area contributed by atoms with E-state index in [1.807, 2.05) is 25.1 Å². The number of fused-ring (bicyclic) bond motifs is 1. The van der Waals surface area contributed by atoms with Crippen LogP contribution in [0.5, 0.6) is 0 Å². The van der Waals surface area contributed by atoms with Gasteiger partial charge in [-0.3, -0.25) is 4.79 Å². The van der Waals surface area contributed by atoms with Gasteiger partial charge in [0.25, 0.3) is 5.56 Å². The van der Waals surface area contributed by atoms with Crippen molar-refractivity contribution in [1.82, 2.24) is 4.57 Å². The first-order valence-corrected chi connectivity index (χ1v) is 5.92. The summed E-state index contributed by atoms with van der Waals surface area (Å²) in [5.74, 6) is 0. The number of pyridine rings is 1. The lowest BCUT2D eigenvalue weighted by molar-refractivity contribution is 0.436. The minimum absolute atomic E-state index is 0.184. The van der Waals surface area contributed by atoms with Crippen molar-refractivity contribution in [3.05, 3.63) is 45.3 Å². The van der Waals surface area contributed by atoms with Gasteiger partial charge in [0.15, 0.2) is 0 Å². The summed E-state index contributed by atoms with van der Waals surface area (Å²) < 4.78 is 14.7. The first-order chi connectivity index (χ1) is 8.09. The van der Waals surface area contributed by atoms with Gasteiger partial charge in [0.1, 0.15) is 6.17 Å². The van der Waals surface area contributed by atoms with Gasteiger partial charge in [-0.05, 0) is 24.4 Å². The van der Waals surface area contributed by atoms with Gasteiger partial charge in [0.2, 0.25) is 0 Å². The van der Waals surface area contributed by atoms with Crippen LogP contribution < -0.4 is 5.56 Å².